The van der Waals surface area contributed by atoms with Gasteiger partial charge in [-0.05, 0) is 12.8 Å². The molecule has 0 aromatic carbocycles. The van der Waals surface area contributed by atoms with E-state index in [0.29, 0.717) is 0 Å². The zero-order valence-corrected chi connectivity index (χ0v) is 5.06. The van der Waals surface area contributed by atoms with Crippen molar-refractivity contribution < 1.29 is 0 Å². The zero-order valence-electron chi connectivity index (χ0n) is 5.06. The Hall–Kier alpha value is -0.120. The molecular formula is C5H13N3. The molecule has 3 nitrogen and oxygen atoms in total. The van der Waals surface area contributed by atoms with Gasteiger partial charge in [0.15, 0.2) is 0 Å². The summed E-state index contributed by atoms with van der Waals surface area (Å²) in [5, 5.41) is 1.67. The van der Waals surface area contributed by atoms with E-state index in [2.05, 4.69) is 5.43 Å². The summed E-state index contributed by atoms with van der Waals surface area (Å²) >= 11 is 0. The van der Waals surface area contributed by atoms with E-state index in [4.69, 9.17) is 5.84 Å². The molecule has 0 amide bonds. The topological polar surface area (TPSA) is 41.3 Å². The molecule has 1 heterocycles. The molecule has 0 spiro atoms. The van der Waals surface area contributed by atoms with Crippen molar-refractivity contribution in [1.82, 2.24) is 10.5 Å². The van der Waals surface area contributed by atoms with E-state index >= 15 is 0 Å². The maximum Gasteiger partial charge on any atom is 0.0285 e. The molecule has 0 aromatic heterocycles. The van der Waals surface area contributed by atoms with Crippen molar-refractivity contribution in [2.45, 2.75) is 19.3 Å². The highest BCUT2D eigenvalue weighted by Crippen LogP contribution is 1.97. The monoisotopic (exact) mass is 115 g/mol. The Balaban J connectivity index is 2.17. The Morgan fingerprint density at radius 3 is 3.00 bits per heavy atom. The zero-order chi connectivity index (χ0) is 5.82. The average molecular weight is 115 g/mol. The van der Waals surface area contributed by atoms with Crippen LogP contribution in [-0.4, -0.2) is 18.2 Å². The van der Waals surface area contributed by atoms with Crippen molar-refractivity contribution in [2.75, 3.05) is 13.1 Å². The van der Waals surface area contributed by atoms with E-state index in [0.717, 1.165) is 13.1 Å². The van der Waals surface area contributed by atoms with Crippen LogP contribution in [0.4, 0.5) is 0 Å². The van der Waals surface area contributed by atoms with Crippen molar-refractivity contribution in [3.05, 3.63) is 0 Å². The lowest BCUT2D eigenvalue weighted by molar-refractivity contribution is 0.207. The number of hydrogen-bond acceptors (Lipinski definition) is 3. The van der Waals surface area contributed by atoms with E-state index < -0.39 is 0 Å². The van der Waals surface area contributed by atoms with Gasteiger partial charge in [0.05, 0.1) is 0 Å². The minimum atomic E-state index is 0.986. The normalized spacial score (nSPS) is 25.1. The summed E-state index contributed by atoms with van der Waals surface area (Å²) in [6.07, 6.45) is 3.79. The average Bonchev–Trinajstić information content (AvgIpc) is 1.94. The highest BCUT2D eigenvalue weighted by Gasteiger charge is 2.00. The van der Waals surface area contributed by atoms with Gasteiger partial charge in [0.25, 0.3) is 0 Å². The van der Waals surface area contributed by atoms with E-state index in [1.165, 1.54) is 19.3 Å². The van der Waals surface area contributed by atoms with Crippen molar-refractivity contribution in [3.63, 3.8) is 0 Å². The number of hydrogen-bond donors (Lipinski definition) is 2. The third-order valence-electron chi connectivity index (χ3n) is 1.39. The van der Waals surface area contributed by atoms with Gasteiger partial charge >= 0.3 is 0 Å². The number of nitrogens with one attached hydrogen (secondary N) is 1. The van der Waals surface area contributed by atoms with Crippen LogP contribution in [0.3, 0.4) is 0 Å². The maximum absolute atomic E-state index is 5.46. The van der Waals surface area contributed by atoms with Crippen molar-refractivity contribution in [2.24, 2.45) is 5.84 Å². The van der Waals surface area contributed by atoms with Gasteiger partial charge in [0.1, 0.15) is 0 Å². The third kappa shape index (κ3) is 1.78. The fourth-order valence-electron chi connectivity index (χ4n) is 0.886. The second-order valence-electron chi connectivity index (χ2n) is 2.16. The summed E-state index contributed by atoms with van der Waals surface area (Å²) in [4.78, 5) is 0. The van der Waals surface area contributed by atoms with E-state index in [1.54, 1.807) is 5.12 Å². The first-order valence-electron chi connectivity index (χ1n) is 3.15. The second-order valence-corrected chi connectivity index (χ2v) is 2.16. The number of rotatable bonds is 0. The minimum absolute atomic E-state index is 0.986. The van der Waals surface area contributed by atoms with Gasteiger partial charge in [0, 0.05) is 13.1 Å². The summed E-state index contributed by atoms with van der Waals surface area (Å²) in [5.74, 6) is 5.46. The van der Waals surface area contributed by atoms with Crippen LogP contribution in [0.2, 0.25) is 0 Å². The Morgan fingerprint density at radius 1 is 1.25 bits per heavy atom. The molecule has 3 heteroatoms. The molecule has 0 bridgehead atoms. The predicted octanol–water partition coefficient (Wildman–Crippen LogP) is -0.149. The lowest BCUT2D eigenvalue weighted by Crippen LogP contribution is -2.43. The van der Waals surface area contributed by atoms with E-state index in [9.17, 15) is 0 Å². The maximum atomic E-state index is 5.46. The Morgan fingerprint density at radius 2 is 2.12 bits per heavy atom. The fourth-order valence-corrected chi connectivity index (χ4v) is 0.886. The van der Waals surface area contributed by atoms with Crippen LogP contribution >= 0.6 is 0 Å². The van der Waals surface area contributed by atoms with Crippen LogP contribution in [0.15, 0.2) is 0 Å². The van der Waals surface area contributed by atoms with Gasteiger partial charge in [0.2, 0.25) is 0 Å². The predicted molar refractivity (Wildman–Crippen MR) is 32.7 cm³/mol. The number of hydrazine groups is 2. The Labute approximate surface area is 49.8 Å². The summed E-state index contributed by atoms with van der Waals surface area (Å²) in [5.41, 5.74) is 3.06. The van der Waals surface area contributed by atoms with Gasteiger partial charge in [-0.3, -0.25) is 5.84 Å². The number of nitrogens with two attached hydrogens (primary N) is 1. The summed E-state index contributed by atoms with van der Waals surface area (Å²) in [7, 11) is 0. The molecule has 0 aliphatic carbocycles. The van der Waals surface area contributed by atoms with Crippen LogP contribution in [-0.2, 0) is 0 Å². The quantitative estimate of drug-likeness (QED) is 0.431. The van der Waals surface area contributed by atoms with Crippen molar-refractivity contribution in [1.29, 1.82) is 0 Å². The lowest BCUT2D eigenvalue weighted by Gasteiger charge is -2.11. The van der Waals surface area contributed by atoms with E-state index in [-0.39, 0.29) is 0 Å². The molecule has 0 atom stereocenters. The van der Waals surface area contributed by atoms with Gasteiger partial charge in [-0.1, -0.05) is 6.42 Å². The standard InChI is InChI=1S/C5H13N3/c6-8-5-3-1-2-4-7-8/h7H,1-6H2. The molecule has 3 N–H and O–H groups in total. The summed E-state index contributed by atoms with van der Waals surface area (Å²) in [6.45, 7) is 2.02. The van der Waals surface area contributed by atoms with Gasteiger partial charge in [-0.2, -0.15) is 5.12 Å². The lowest BCUT2D eigenvalue weighted by atomic mass is 10.2. The summed E-state index contributed by atoms with van der Waals surface area (Å²) in [6, 6.07) is 0. The molecule has 0 aromatic rings. The molecule has 1 aliphatic rings. The molecule has 1 aliphatic heterocycles. The number of nitrogens with zero attached hydrogens (tertiary/aromatic N) is 1. The summed E-state index contributed by atoms with van der Waals surface area (Å²) < 4.78 is 0. The minimum Gasteiger partial charge on any atom is -0.255 e. The van der Waals surface area contributed by atoms with Crippen molar-refractivity contribution >= 4 is 0 Å². The first-order valence-corrected chi connectivity index (χ1v) is 3.15. The molecule has 1 saturated heterocycles. The molecular weight excluding hydrogens is 102 g/mol. The SMILES string of the molecule is NN1CCCCCN1. The smallest absolute Gasteiger partial charge is 0.0285 e. The fraction of sp³-hybridized carbons (Fsp3) is 1.00. The Bertz CT molecular complexity index is 56.7. The van der Waals surface area contributed by atoms with Gasteiger partial charge < -0.3 is 0 Å². The van der Waals surface area contributed by atoms with Crippen LogP contribution in [0.5, 0.6) is 0 Å². The molecule has 8 heavy (non-hydrogen) atoms. The van der Waals surface area contributed by atoms with Crippen LogP contribution < -0.4 is 11.3 Å². The molecule has 0 radical (unpaired) electrons. The highest BCUT2D eigenvalue weighted by molar-refractivity contribution is 4.52. The molecule has 48 valence electrons. The first kappa shape index (κ1) is 6.01. The Kier molecular flexibility index (Phi) is 2.27. The van der Waals surface area contributed by atoms with E-state index in [1.807, 2.05) is 0 Å². The third-order valence-corrected chi connectivity index (χ3v) is 1.39. The van der Waals surface area contributed by atoms with Crippen molar-refractivity contribution in [3.8, 4) is 0 Å². The van der Waals surface area contributed by atoms with Crippen LogP contribution in [0, 0.1) is 0 Å². The highest BCUT2D eigenvalue weighted by atomic mass is 15.7. The molecule has 1 fully saturated rings. The van der Waals surface area contributed by atoms with Gasteiger partial charge in [-0.15, -0.1) is 0 Å². The first-order chi connectivity index (χ1) is 3.89. The van der Waals surface area contributed by atoms with Crippen LogP contribution in [0.1, 0.15) is 19.3 Å². The van der Waals surface area contributed by atoms with Crippen LogP contribution in [0.25, 0.3) is 0 Å². The van der Waals surface area contributed by atoms with Gasteiger partial charge in [-0.25, -0.2) is 5.43 Å². The molecule has 0 saturated carbocycles. The second kappa shape index (κ2) is 3.02. The largest absolute Gasteiger partial charge is 0.255 e. The molecule has 0 unspecified atom stereocenters. The molecule has 1 rings (SSSR count).